The van der Waals surface area contributed by atoms with Crippen LogP contribution in [0.5, 0.6) is 5.88 Å². The van der Waals surface area contributed by atoms with Crippen LogP contribution in [-0.2, 0) is 0 Å². The molecule has 19 heavy (non-hydrogen) atoms. The fourth-order valence-electron chi connectivity index (χ4n) is 1.92. The Morgan fingerprint density at radius 3 is 2.58 bits per heavy atom. The maximum atomic E-state index is 5.83. The molecular weight excluding hydrogens is 240 g/mol. The number of nitrogens with zero attached hydrogens (tertiary/aromatic N) is 3. The van der Waals surface area contributed by atoms with Gasteiger partial charge in [0.15, 0.2) is 0 Å². The molecule has 0 bridgehead atoms. The van der Waals surface area contributed by atoms with Crippen molar-refractivity contribution < 1.29 is 4.74 Å². The van der Waals surface area contributed by atoms with Gasteiger partial charge >= 0.3 is 0 Å². The van der Waals surface area contributed by atoms with Crippen molar-refractivity contribution in [2.75, 3.05) is 31.6 Å². The van der Waals surface area contributed by atoms with Crippen LogP contribution in [0.4, 0.5) is 5.82 Å². The second-order valence-electron chi connectivity index (χ2n) is 5.61. The van der Waals surface area contributed by atoms with Crippen molar-refractivity contribution in [2.24, 2.45) is 11.1 Å². The lowest BCUT2D eigenvalue weighted by atomic mass is 9.93. The van der Waals surface area contributed by atoms with Gasteiger partial charge in [-0.05, 0) is 25.3 Å². The van der Waals surface area contributed by atoms with E-state index in [1.165, 1.54) is 0 Å². The van der Waals surface area contributed by atoms with Gasteiger partial charge in [0.2, 0.25) is 5.88 Å². The third-order valence-electron chi connectivity index (χ3n) is 3.00. The molecule has 0 aliphatic heterocycles. The lowest BCUT2D eigenvalue weighted by Crippen LogP contribution is -2.39. The average molecular weight is 266 g/mol. The highest BCUT2D eigenvalue weighted by molar-refractivity contribution is 5.42. The molecule has 0 radical (unpaired) electrons. The Kier molecular flexibility index (Phi) is 5.54. The molecular formula is C14H26N4O. The van der Waals surface area contributed by atoms with E-state index in [1.807, 2.05) is 13.0 Å². The van der Waals surface area contributed by atoms with Crippen molar-refractivity contribution >= 4 is 5.82 Å². The van der Waals surface area contributed by atoms with Gasteiger partial charge in [-0.1, -0.05) is 20.8 Å². The second kappa shape index (κ2) is 6.70. The van der Waals surface area contributed by atoms with Gasteiger partial charge < -0.3 is 15.4 Å². The summed E-state index contributed by atoms with van der Waals surface area (Å²) in [7, 11) is 1.62. The van der Waals surface area contributed by atoms with Crippen molar-refractivity contribution in [1.29, 1.82) is 0 Å². The Balaban J connectivity index is 3.01. The van der Waals surface area contributed by atoms with Crippen molar-refractivity contribution in [3.8, 4) is 5.88 Å². The topological polar surface area (TPSA) is 64.3 Å². The standard InChI is InChI=1S/C14H26N4O/c1-6-7-18(10-14(3,4)9-15)12-8-13(19-5)17-11(2)16-12/h8H,6-7,9-10,15H2,1-5H3. The molecule has 0 atom stereocenters. The van der Waals surface area contributed by atoms with E-state index in [4.69, 9.17) is 10.5 Å². The number of hydrogen-bond donors (Lipinski definition) is 1. The van der Waals surface area contributed by atoms with E-state index in [2.05, 4.69) is 35.6 Å². The van der Waals surface area contributed by atoms with Crippen molar-refractivity contribution in [3.63, 3.8) is 0 Å². The Bertz CT molecular complexity index is 406. The first-order valence-corrected chi connectivity index (χ1v) is 6.76. The number of nitrogens with two attached hydrogens (primary N) is 1. The molecule has 5 nitrogen and oxygen atoms in total. The smallest absolute Gasteiger partial charge is 0.218 e. The predicted octanol–water partition coefficient (Wildman–Crippen LogP) is 1.99. The van der Waals surface area contributed by atoms with E-state index in [1.54, 1.807) is 7.11 Å². The molecule has 5 heteroatoms. The highest BCUT2D eigenvalue weighted by Gasteiger charge is 2.21. The van der Waals surface area contributed by atoms with E-state index in [0.717, 1.165) is 31.2 Å². The molecule has 0 saturated carbocycles. The summed E-state index contributed by atoms with van der Waals surface area (Å²) in [4.78, 5) is 11.0. The minimum atomic E-state index is 0.0568. The van der Waals surface area contributed by atoms with Gasteiger partial charge in [-0.15, -0.1) is 0 Å². The number of hydrogen-bond acceptors (Lipinski definition) is 5. The molecule has 1 rings (SSSR count). The molecule has 0 aromatic carbocycles. The molecule has 108 valence electrons. The second-order valence-corrected chi connectivity index (χ2v) is 5.61. The SMILES string of the molecule is CCCN(CC(C)(C)CN)c1cc(OC)nc(C)n1. The number of methoxy groups -OCH3 is 1. The van der Waals surface area contributed by atoms with Crippen molar-refractivity contribution in [1.82, 2.24) is 9.97 Å². The molecule has 0 amide bonds. The number of aryl methyl sites for hydroxylation is 1. The molecule has 0 fully saturated rings. The molecule has 1 aromatic rings. The fourth-order valence-corrected chi connectivity index (χ4v) is 1.92. The molecule has 0 aliphatic rings. The summed E-state index contributed by atoms with van der Waals surface area (Å²) in [5, 5.41) is 0. The fraction of sp³-hybridized carbons (Fsp3) is 0.714. The van der Waals surface area contributed by atoms with Gasteiger partial charge in [0.25, 0.3) is 0 Å². The van der Waals surface area contributed by atoms with Crippen LogP contribution in [0.1, 0.15) is 33.0 Å². The maximum Gasteiger partial charge on any atom is 0.218 e. The van der Waals surface area contributed by atoms with Gasteiger partial charge in [0, 0.05) is 19.2 Å². The van der Waals surface area contributed by atoms with Crippen LogP contribution in [0.2, 0.25) is 0 Å². The molecule has 1 heterocycles. The Hall–Kier alpha value is -1.36. The Morgan fingerprint density at radius 2 is 2.05 bits per heavy atom. The highest BCUT2D eigenvalue weighted by Crippen LogP contribution is 2.22. The largest absolute Gasteiger partial charge is 0.481 e. The maximum absolute atomic E-state index is 5.83. The monoisotopic (exact) mass is 266 g/mol. The van der Waals surface area contributed by atoms with Crippen molar-refractivity contribution in [3.05, 3.63) is 11.9 Å². The Labute approximate surface area is 116 Å². The number of aromatic nitrogens is 2. The zero-order valence-electron chi connectivity index (χ0n) is 12.7. The normalized spacial score (nSPS) is 11.5. The predicted molar refractivity (Wildman–Crippen MR) is 78.7 cm³/mol. The highest BCUT2D eigenvalue weighted by atomic mass is 16.5. The van der Waals surface area contributed by atoms with Gasteiger partial charge in [0.1, 0.15) is 11.6 Å². The van der Waals surface area contributed by atoms with Gasteiger partial charge in [-0.25, -0.2) is 4.98 Å². The third kappa shape index (κ3) is 4.67. The van der Waals surface area contributed by atoms with E-state index < -0.39 is 0 Å². The molecule has 0 unspecified atom stereocenters. The summed E-state index contributed by atoms with van der Waals surface area (Å²) in [6.45, 7) is 10.8. The van der Waals surface area contributed by atoms with E-state index in [9.17, 15) is 0 Å². The summed E-state index contributed by atoms with van der Waals surface area (Å²) in [5.41, 5.74) is 5.89. The lowest BCUT2D eigenvalue weighted by Gasteiger charge is -2.32. The minimum Gasteiger partial charge on any atom is -0.481 e. The lowest BCUT2D eigenvalue weighted by molar-refractivity contribution is 0.374. The molecule has 2 N–H and O–H groups in total. The van der Waals surface area contributed by atoms with Crippen LogP contribution >= 0.6 is 0 Å². The molecule has 0 spiro atoms. The van der Waals surface area contributed by atoms with Crippen molar-refractivity contribution in [2.45, 2.75) is 34.1 Å². The zero-order chi connectivity index (χ0) is 14.5. The number of anilines is 1. The summed E-state index contributed by atoms with van der Waals surface area (Å²) in [6.07, 6.45) is 1.06. The molecule has 0 aliphatic carbocycles. The van der Waals surface area contributed by atoms with Crippen LogP contribution in [0, 0.1) is 12.3 Å². The summed E-state index contributed by atoms with van der Waals surface area (Å²) >= 11 is 0. The van der Waals surface area contributed by atoms with Crippen LogP contribution in [0.3, 0.4) is 0 Å². The first-order valence-electron chi connectivity index (χ1n) is 6.76. The zero-order valence-corrected chi connectivity index (χ0v) is 12.7. The van der Waals surface area contributed by atoms with Crippen LogP contribution < -0.4 is 15.4 Å². The first-order chi connectivity index (χ1) is 8.91. The van der Waals surface area contributed by atoms with Gasteiger partial charge in [0.05, 0.1) is 7.11 Å². The number of ether oxygens (including phenoxy) is 1. The van der Waals surface area contributed by atoms with Crippen LogP contribution in [-0.4, -0.2) is 36.7 Å². The minimum absolute atomic E-state index is 0.0568. The Morgan fingerprint density at radius 1 is 1.37 bits per heavy atom. The molecule has 1 aromatic heterocycles. The van der Waals surface area contributed by atoms with E-state index in [-0.39, 0.29) is 5.41 Å². The first kappa shape index (κ1) is 15.7. The molecule has 0 saturated heterocycles. The van der Waals surface area contributed by atoms with Gasteiger partial charge in [-0.2, -0.15) is 4.98 Å². The quantitative estimate of drug-likeness (QED) is 0.817. The van der Waals surface area contributed by atoms with Crippen LogP contribution in [0.25, 0.3) is 0 Å². The summed E-state index contributed by atoms with van der Waals surface area (Å²) in [5.74, 6) is 2.24. The third-order valence-corrected chi connectivity index (χ3v) is 3.00. The summed E-state index contributed by atoms with van der Waals surface area (Å²) < 4.78 is 5.22. The summed E-state index contributed by atoms with van der Waals surface area (Å²) in [6, 6.07) is 1.88. The van der Waals surface area contributed by atoms with Crippen LogP contribution in [0.15, 0.2) is 6.07 Å². The van der Waals surface area contributed by atoms with E-state index >= 15 is 0 Å². The average Bonchev–Trinajstić information content (AvgIpc) is 2.37. The van der Waals surface area contributed by atoms with E-state index in [0.29, 0.717) is 12.4 Å². The van der Waals surface area contributed by atoms with Gasteiger partial charge in [-0.3, -0.25) is 0 Å². The number of rotatable bonds is 7.